The summed E-state index contributed by atoms with van der Waals surface area (Å²) in [5.41, 5.74) is 2.68. The molecule has 0 bridgehead atoms. The van der Waals surface area contributed by atoms with E-state index < -0.39 is 0 Å². The Kier molecular flexibility index (Phi) is 4.77. The van der Waals surface area contributed by atoms with Crippen molar-refractivity contribution in [1.29, 1.82) is 0 Å². The third-order valence-corrected chi connectivity index (χ3v) is 3.61. The molecule has 0 saturated heterocycles. The van der Waals surface area contributed by atoms with E-state index in [1.807, 2.05) is 49.4 Å². The molecule has 0 unspecified atom stereocenters. The summed E-state index contributed by atoms with van der Waals surface area (Å²) in [6.07, 6.45) is 1.55. The number of rotatable bonds is 5. The Bertz CT molecular complexity index is 856. The number of nitrogens with one attached hydrogen (secondary N) is 2. The van der Waals surface area contributed by atoms with Crippen LogP contribution in [0.25, 0.3) is 0 Å². The third kappa shape index (κ3) is 3.72. The van der Waals surface area contributed by atoms with Crippen LogP contribution in [-0.2, 0) is 0 Å². The predicted molar refractivity (Wildman–Crippen MR) is 95.6 cm³/mol. The number of hydrogen-bond donors (Lipinski definition) is 2. The van der Waals surface area contributed by atoms with Crippen molar-refractivity contribution in [1.82, 2.24) is 15.2 Å². The van der Waals surface area contributed by atoms with Crippen molar-refractivity contribution in [2.45, 2.75) is 6.92 Å². The number of benzene rings is 2. The number of anilines is 4. The maximum atomic E-state index is 6.04. The Hall–Kier alpha value is -2.86. The summed E-state index contributed by atoms with van der Waals surface area (Å²) in [7, 11) is 1.61. The van der Waals surface area contributed by atoms with Crippen molar-refractivity contribution in [2.24, 2.45) is 0 Å². The molecule has 1 aromatic heterocycles. The lowest BCUT2D eigenvalue weighted by Gasteiger charge is -2.11. The van der Waals surface area contributed by atoms with Gasteiger partial charge in [0.2, 0.25) is 5.95 Å². The molecule has 0 amide bonds. The van der Waals surface area contributed by atoms with E-state index in [9.17, 15) is 0 Å². The third-order valence-electron chi connectivity index (χ3n) is 3.37. The molecule has 0 aliphatic rings. The lowest BCUT2D eigenvalue weighted by atomic mass is 10.2. The number of aryl methyl sites for hydroxylation is 1. The van der Waals surface area contributed by atoms with Crippen molar-refractivity contribution in [2.75, 3.05) is 17.7 Å². The second-order valence-corrected chi connectivity index (χ2v) is 5.51. The smallest absolute Gasteiger partial charge is 0.249 e. The van der Waals surface area contributed by atoms with Crippen LogP contribution in [0.1, 0.15) is 5.56 Å². The van der Waals surface area contributed by atoms with Crippen molar-refractivity contribution in [3.8, 4) is 5.75 Å². The van der Waals surface area contributed by atoms with Crippen LogP contribution < -0.4 is 15.4 Å². The fraction of sp³-hybridized carbons (Fsp3) is 0.118. The predicted octanol–water partition coefficient (Wildman–Crippen LogP) is 4.33. The van der Waals surface area contributed by atoms with Crippen LogP contribution in [0.3, 0.4) is 0 Å². The van der Waals surface area contributed by atoms with Gasteiger partial charge in [0, 0.05) is 10.7 Å². The van der Waals surface area contributed by atoms with Gasteiger partial charge in [0.1, 0.15) is 5.75 Å². The largest absolute Gasteiger partial charge is 0.495 e. The van der Waals surface area contributed by atoms with E-state index in [1.165, 1.54) is 0 Å². The van der Waals surface area contributed by atoms with Gasteiger partial charge in [-0.1, -0.05) is 29.8 Å². The standard InChI is InChI=1S/C17H16ClN5O/c1-11-7-8-12(18)9-14(11)20-16-10-19-23-17(22-16)21-13-5-3-4-6-15(13)24-2/h3-10H,1-2H3,(H2,20,21,22,23). The van der Waals surface area contributed by atoms with Gasteiger partial charge in [-0.05, 0) is 36.8 Å². The number of halogens is 1. The van der Waals surface area contributed by atoms with E-state index >= 15 is 0 Å². The summed E-state index contributed by atoms with van der Waals surface area (Å²) in [4.78, 5) is 4.42. The summed E-state index contributed by atoms with van der Waals surface area (Å²) >= 11 is 6.04. The molecule has 6 nitrogen and oxygen atoms in total. The molecule has 0 atom stereocenters. The quantitative estimate of drug-likeness (QED) is 0.719. The van der Waals surface area contributed by atoms with Gasteiger partial charge in [0.15, 0.2) is 5.82 Å². The molecule has 0 fully saturated rings. The monoisotopic (exact) mass is 341 g/mol. The number of ether oxygens (including phenoxy) is 1. The molecule has 1 heterocycles. The Morgan fingerprint density at radius 1 is 1.04 bits per heavy atom. The van der Waals surface area contributed by atoms with Gasteiger partial charge in [-0.3, -0.25) is 0 Å². The van der Waals surface area contributed by atoms with Crippen LogP contribution in [0.15, 0.2) is 48.7 Å². The number of nitrogens with zero attached hydrogens (tertiary/aromatic N) is 3. The second kappa shape index (κ2) is 7.14. The topological polar surface area (TPSA) is 72.0 Å². The highest BCUT2D eigenvalue weighted by Crippen LogP contribution is 2.26. The minimum absolute atomic E-state index is 0.365. The molecule has 7 heteroatoms. The fourth-order valence-corrected chi connectivity index (χ4v) is 2.32. The highest BCUT2D eigenvalue weighted by Gasteiger charge is 2.07. The number of methoxy groups -OCH3 is 1. The van der Waals surface area contributed by atoms with Crippen LogP contribution in [0.4, 0.5) is 23.1 Å². The zero-order valence-electron chi connectivity index (χ0n) is 13.2. The molecule has 122 valence electrons. The molecule has 0 radical (unpaired) electrons. The maximum absolute atomic E-state index is 6.04. The summed E-state index contributed by atoms with van der Waals surface area (Å²) in [5.74, 6) is 1.63. The Labute approximate surface area is 144 Å². The lowest BCUT2D eigenvalue weighted by Crippen LogP contribution is -2.03. The SMILES string of the molecule is COc1ccccc1Nc1nncc(Nc2cc(Cl)ccc2C)n1. The fourth-order valence-electron chi connectivity index (χ4n) is 2.15. The zero-order chi connectivity index (χ0) is 16.9. The van der Waals surface area contributed by atoms with Crippen LogP contribution >= 0.6 is 11.6 Å². The van der Waals surface area contributed by atoms with Gasteiger partial charge < -0.3 is 15.4 Å². The summed E-state index contributed by atoms with van der Waals surface area (Å²) in [6.45, 7) is 1.99. The Morgan fingerprint density at radius 2 is 1.88 bits per heavy atom. The molecule has 24 heavy (non-hydrogen) atoms. The second-order valence-electron chi connectivity index (χ2n) is 5.07. The van der Waals surface area contributed by atoms with Crippen molar-refractivity contribution in [3.63, 3.8) is 0 Å². The van der Waals surface area contributed by atoms with Gasteiger partial charge in [-0.25, -0.2) is 0 Å². The number of para-hydroxylation sites is 2. The minimum Gasteiger partial charge on any atom is -0.495 e. The van der Waals surface area contributed by atoms with Crippen LogP contribution in [0.5, 0.6) is 5.75 Å². The molecule has 2 N–H and O–H groups in total. The highest BCUT2D eigenvalue weighted by molar-refractivity contribution is 6.30. The van der Waals surface area contributed by atoms with Crippen LogP contribution in [0, 0.1) is 6.92 Å². The van der Waals surface area contributed by atoms with Crippen LogP contribution in [0.2, 0.25) is 5.02 Å². The van der Waals surface area contributed by atoms with E-state index in [0.29, 0.717) is 22.5 Å². The average molecular weight is 342 g/mol. The minimum atomic E-state index is 0.365. The molecule has 0 spiro atoms. The maximum Gasteiger partial charge on any atom is 0.249 e. The first-order valence-electron chi connectivity index (χ1n) is 7.28. The number of hydrogen-bond acceptors (Lipinski definition) is 6. The summed E-state index contributed by atoms with van der Waals surface area (Å²) < 4.78 is 5.30. The summed E-state index contributed by atoms with van der Waals surface area (Å²) in [6, 6.07) is 13.1. The molecule has 3 aromatic rings. The van der Waals surface area contributed by atoms with Gasteiger partial charge in [-0.2, -0.15) is 10.1 Å². The van der Waals surface area contributed by atoms with E-state index in [-0.39, 0.29) is 0 Å². The molecule has 0 saturated carbocycles. The first-order chi connectivity index (χ1) is 11.7. The Balaban J connectivity index is 1.83. The highest BCUT2D eigenvalue weighted by atomic mass is 35.5. The normalized spacial score (nSPS) is 10.3. The first-order valence-corrected chi connectivity index (χ1v) is 7.66. The first kappa shape index (κ1) is 16.0. The Morgan fingerprint density at radius 3 is 2.71 bits per heavy atom. The van der Waals surface area contributed by atoms with Crippen molar-refractivity contribution < 1.29 is 4.74 Å². The van der Waals surface area contributed by atoms with Gasteiger partial charge >= 0.3 is 0 Å². The van der Waals surface area contributed by atoms with Crippen LogP contribution in [-0.4, -0.2) is 22.3 Å². The zero-order valence-corrected chi connectivity index (χ0v) is 14.0. The molecule has 0 aliphatic carbocycles. The average Bonchev–Trinajstić information content (AvgIpc) is 2.59. The summed E-state index contributed by atoms with van der Waals surface area (Å²) in [5, 5.41) is 14.9. The molecule has 2 aromatic carbocycles. The van der Waals surface area contributed by atoms with Crippen molar-refractivity contribution >= 4 is 34.7 Å². The lowest BCUT2D eigenvalue weighted by molar-refractivity contribution is 0.417. The number of aromatic nitrogens is 3. The van der Waals surface area contributed by atoms with Crippen molar-refractivity contribution in [3.05, 3.63) is 59.2 Å². The van der Waals surface area contributed by atoms with E-state index in [1.54, 1.807) is 13.3 Å². The van der Waals surface area contributed by atoms with Gasteiger partial charge in [-0.15, -0.1) is 5.10 Å². The molecule has 0 aliphatic heterocycles. The molecule has 3 rings (SSSR count). The van der Waals surface area contributed by atoms with E-state index in [0.717, 1.165) is 16.9 Å². The van der Waals surface area contributed by atoms with Gasteiger partial charge in [0.25, 0.3) is 0 Å². The van der Waals surface area contributed by atoms with Gasteiger partial charge in [0.05, 0.1) is 19.0 Å². The molecular formula is C17H16ClN5O. The van der Waals surface area contributed by atoms with E-state index in [4.69, 9.17) is 16.3 Å². The van der Waals surface area contributed by atoms with E-state index in [2.05, 4.69) is 25.8 Å². The molecular weight excluding hydrogens is 326 g/mol.